The molecule has 0 aromatic carbocycles. The monoisotopic (exact) mass is 222 g/mol. The normalized spacial score (nSPS) is 30.9. The summed E-state index contributed by atoms with van der Waals surface area (Å²) in [5.41, 5.74) is 0. The van der Waals surface area contributed by atoms with E-state index in [2.05, 4.69) is 23.4 Å². The summed E-state index contributed by atoms with van der Waals surface area (Å²) < 4.78 is 2.24. The van der Waals surface area contributed by atoms with Gasteiger partial charge >= 0.3 is 0 Å². The highest BCUT2D eigenvalue weighted by Gasteiger charge is 2.32. The molecule has 3 heteroatoms. The van der Waals surface area contributed by atoms with E-state index in [0.717, 1.165) is 25.1 Å². The van der Waals surface area contributed by atoms with E-state index >= 15 is 0 Å². The smallest absolute Gasteiger partial charge is 0.105 e. The van der Waals surface area contributed by atoms with Gasteiger partial charge in [-0.2, -0.15) is 0 Å². The molecule has 1 heterocycles. The fraction of sp³-hybridized carbons (Fsp3) is 0.769. The van der Waals surface area contributed by atoms with Crippen molar-refractivity contribution in [3.05, 3.63) is 18.2 Å². The zero-order chi connectivity index (χ0) is 11.7. The van der Waals surface area contributed by atoms with Crippen LogP contribution < -0.4 is 0 Å². The number of hydrogen-bond acceptors (Lipinski definition) is 2. The van der Waals surface area contributed by atoms with Crippen molar-refractivity contribution in [1.82, 2.24) is 9.55 Å². The maximum atomic E-state index is 9.84. The molecule has 1 aromatic rings. The Morgan fingerprint density at radius 3 is 2.75 bits per heavy atom. The lowest BCUT2D eigenvalue weighted by Gasteiger charge is -2.38. The van der Waals surface area contributed by atoms with Crippen LogP contribution in [0, 0.1) is 18.8 Å². The van der Waals surface area contributed by atoms with Crippen molar-refractivity contribution in [3.63, 3.8) is 0 Å². The number of rotatable bonds is 2. The van der Waals surface area contributed by atoms with Gasteiger partial charge in [0.25, 0.3) is 0 Å². The van der Waals surface area contributed by atoms with E-state index in [1.807, 2.05) is 19.3 Å². The summed E-state index contributed by atoms with van der Waals surface area (Å²) in [7, 11) is 0. The summed E-state index contributed by atoms with van der Waals surface area (Å²) in [6, 6.07) is 0.422. The summed E-state index contributed by atoms with van der Waals surface area (Å²) in [6.45, 7) is 6.60. The van der Waals surface area contributed by atoms with Crippen LogP contribution in [0.2, 0.25) is 0 Å². The number of aryl methyl sites for hydroxylation is 1. The first-order chi connectivity index (χ1) is 7.59. The van der Waals surface area contributed by atoms with Crippen LogP contribution >= 0.6 is 0 Å². The first-order valence-corrected chi connectivity index (χ1v) is 6.27. The van der Waals surface area contributed by atoms with Crippen molar-refractivity contribution in [2.45, 2.75) is 52.2 Å². The molecule has 1 fully saturated rings. The van der Waals surface area contributed by atoms with E-state index in [0.29, 0.717) is 17.9 Å². The average molecular weight is 222 g/mol. The molecule has 1 saturated carbocycles. The van der Waals surface area contributed by atoms with Gasteiger partial charge in [0.2, 0.25) is 0 Å². The number of imidazole rings is 1. The highest BCUT2D eigenvalue weighted by atomic mass is 16.3. The molecule has 0 radical (unpaired) electrons. The Balaban J connectivity index is 2.24. The lowest BCUT2D eigenvalue weighted by Crippen LogP contribution is -2.33. The van der Waals surface area contributed by atoms with Crippen LogP contribution in [0.15, 0.2) is 12.4 Å². The molecule has 0 aliphatic heterocycles. The molecular weight excluding hydrogens is 200 g/mol. The highest BCUT2D eigenvalue weighted by molar-refractivity contribution is 4.96. The van der Waals surface area contributed by atoms with E-state index in [1.165, 1.54) is 0 Å². The maximum absolute atomic E-state index is 9.84. The predicted octanol–water partition coefficient (Wildman–Crippen LogP) is 2.55. The summed E-state index contributed by atoms with van der Waals surface area (Å²) in [4.78, 5) is 4.29. The molecule has 3 atom stereocenters. The molecule has 0 amide bonds. The minimum Gasteiger partial charge on any atom is -0.393 e. The predicted molar refractivity (Wildman–Crippen MR) is 64.2 cm³/mol. The second-order valence-electron chi connectivity index (χ2n) is 5.32. The maximum Gasteiger partial charge on any atom is 0.105 e. The number of aliphatic hydroxyl groups is 1. The molecule has 1 aliphatic rings. The minimum absolute atomic E-state index is 0.137. The van der Waals surface area contributed by atoms with Crippen molar-refractivity contribution in [2.75, 3.05) is 0 Å². The molecule has 0 spiro atoms. The second-order valence-corrected chi connectivity index (χ2v) is 5.32. The molecule has 16 heavy (non-hydrogen) atoms. The average Bonchev–Trinajstić information content (AvgIpc) is 2.63. The Bertz CT molecular complexity index is 345. The van der Waals surface area contributed by atoms with E-state index < -0.39 is 0 Å². The van der Waals surface area contributed by atoms with Gasteiger partial charge < -0.3 is 9.67 Å². The fourth-order valence-corrected chi connectivity index (χ4v) is 2.98. The van der Waals surface area contributed by atoms with Crippen LogP contribution in [0.4, 0.5) is 0 Å². The third-order valence-corrected chi connectivity index (χ3v) is 3.92. The molecule has 2 rings (SSSR count). The number of hydrogen-bond donors (Lipinski definition) is 1. The molecule has 0 bridgehead atoms. The lowest BCUT2D eigenvalue weighted by atomic mass is 9.76. The molecule has 1 aromatic heterocycles. The van der Waals surface area contributed by atoms with Gasteiger partial charge in [0.05, 0.1) is 6.10 Å². The molecular formula is C13H22N2O. The van der Waals surface area contributed by atoms with E-state index in [-0.39, 0.29) is 6.10 Å². The van der Waals surface area contributed by atoms with Crippen LogP contribution in [0.1, 0.15) is 45.0 Å². The van der Waals surface area contributed by atoms with Crippen molar-refractivity contribution in [2.24, 2.45) is 11.8 Å². The van der Waals surface area contributed by atoms with Crippen molar-refractivity contribution < 1.29 is 5.11 Å². The first-order valence-electron chi connectivity index (χ1n) is 6.27. The Labute approximate surface area is 97.5 Å². The van der Waals surface area contributed by atoms with Crippen LogP contribution in [-0.4, -0.2) is 20.8 Å². The van der Waals surface area contributed by atoms with Gasteiger partial charge in [0.1, 0.15) is 5.82 Å². The molecule has 0 saturated heterocycles. The third kappa shape index (κ3) is 2.14. The van der Waals surface area contributed by atoms with Crippen molar-refractivity contribution in [3.8, 4) is 0 Å². The van der Waals surface area contributed by atoms with Gasteiger partial charge in [-0.05, 0) is 38.0 Å². The topological polar surface area (TPSA) is 38.0 Å². The van der Waals surface area contributed by atoms with Gasteiger partial charge in [-0.1, -0.05) is 13.8 Å². The SMILES string of the molecule is Cc1nccn1C1CC(O)CCC1C(C)C. The number of aliphatic hydroxyl groups excluding tert-OH is 1. The fourth-order valence-electron chi connectivity index (χ4n) is 2.98. The standard InChI is InChI=1S/C13H22N2O/c1-9(2)12-5-4-11(16)8-13(12)15-7-6-14-10(15)3/h6-7,9,11-13,16H,4-5,8H2,1-3H3. The largest absolute Gasteiger partial charge is 0.393 e. The summed E-state index contributed by atoms with van der Waals surface area (Å²) >= 11 is 0. The quantitative estimate of drug-likeness (QED) is 0.835. The van der Waals surface area contributed by atoms with Crippen molar-refractivity contribution in [1.29, 1.82) is 0 Å². The van der Waals surface area contributed by atoms with Gasteiger partial charge in [-0.3, -0.25) is 0 Å². The molecule has 1 N–H and O–H groups in total. The molecule has 3 unspecified atom stereocenters. The van der Waals surface area contributed by atoms with Gasteiger partial charge in [0.15, 0.2) is 0 Å². The van der Waals surface area contributed by atoms with Crippen LogP contribution in [-0.2, 0) is 0 Å². The molecule has 90 valence electrons. The highest BCUT2D eigenvalue weighted by Crippen LogP contribution is 2.38. The Morgan fingerprint density at radius 2 is 2.19 bits per heavy atom. The van der Waals surface area contributed by atoms with E-state index in [4.69, 9.17) is 0 Å². The zero-order valence-corrected chi connectivity index (χ0v) is 10.4. The Hall–Kier alpha value is -0.830. The second kappa shape index (κ2) is 4.58. The first kappa shape index (κ1) is 11.6. The number of aromatic nitrogens is 2. The van der Waals surface area contributed by atoms with Gasteiger partial charge in [-0.15, -0.1) is 0 Å². The van der Waals surface area contributed by atoms with Gasteiger partial charge in [0, 0.05) is 18.4 Å². The minimum atomic E-state index is -0.137. The van der Waals surface area contributed by atoms with E-state index in [1.54, 1.807) is 0 Å². The van der Waals surface area contributed by atoms with Gasteiger partial charge in [-0.25, -0.2) is 4.98 Å². The van der Waals surface area contributed by atoms with Crippen LogP contribution in [0.25, 0.3) is 0 Å². The van der Waals surface area contributed by atoms with Crippen LogP contribution in [0.5, 0.6) is 0 Å². The Morgan fingerprint density at radius 1 is 1.44 bits per heavy atom. The van der Waals surface area contributed by atoms with Crippen LogP contribution in [0.3, 0.4) is 0 Å². The number of nitrogens with zero attached hydrogens (tertiary/aromatic N) is 2. The molecule has 3 nitrogen and oxygen atoms in total. The van der Waals surface area contributed by atoms with Crippen molar-refractivity contribution >= 4 is 0 Å². The zero-order valence-electron chi connectivity index (χ0n) is 10.4. The van der Waals surface area contributed by atoms with E-state index in [9.17, 15) is 5.11 Å². The third-order valence-electron chi connectivity index (χ3n) is 3.92. The lowest BCUT2D eigenvalue weighted by molar-refractivity contribution is 0.0561. The Kier molecular flexibility index (Phi) is 3.33. The molecule has 1 aliphatic carbocycles. The summed E-state index contributed by atoms with van der Waals surface area (Å²) in [5, 5.41) is 9.84. The summed E-state index contributed by atoms with van der Waals surface area (Å²) in [6.07, 6.45) is 6.72. The summed E-state index contributed by atoms with van der Waals surface area (Å²) in [5.74, 6) is 2.39.